The van der Waals surface area contributed by atoms with Crippen molar-refractivity contribution in [1.82, 2.24) is 14.6 Å². The number of pyridine rings is 1. The minimum Gasteiger partial charge on any atom is -0.462 e. The van der Waals surface area contributed by atoms with Gasteiger partial charge in [0.2, 0.25) is 0 Å². The molecule has 1 aliphatic rings. The summed E-state index contributed by atoms with van der Waals surface area (Å²) in [5.74, 6) is 0.387. The van der Waals surface area contributed by atoms with E-state index in [0.29, 0.717) is 6.54 Å². The van der Waals surface area contributed by atoms with Crippen LogP contribution in [-0.4, -0.2) is 45.2 Å². The second kappa shape index (κ2) is 7.86. The highest BCUT2D eigenvalue weighted by atomic mass is 16.6. The number of carbonyl (C=O) groups excluding carboxylic acids is 1. The van der Waals surface area contributed by atoms with Crippen LogP contribution in [0.4, 0.5) is 11.4 Å². The normalized spacial score (nSPS) is 16.7. The van der Waals surface area contributed by atoms with E-state index >= 15 is 0 Å². The molecule has 1 aliphatic heterocycles. The third kappa shape index (κ3) is 3.63. The van der Waals surface area contributed by atoms with Crippen LogP contribution in [0.1, 0.15) is 41.9 Å². The molecule has 1 atom stereocenters. The van der Waals surface area contributed by atoms with Crippen molar-refractivity contribution in [2.24, 2.45) is 0 Å². The smallest absolute Gasteiger partial charge is 0.345 e. The van der Waals surface area contributed by atoms with Gasteiger partial charge < -0.3 is 9.64 Å². The number of piperidine rings is 1. The molecule has 2 aromatic heterocycles. The van der Waals surface area contributed by atoms with Crippen molar-refractivity contribution in [3.05, 3.63) is 64.1 Å². The summed E-state index contributed by atoms with van der Waals surface area (Å²) in [6.45, 7) is 3.32. The summed E-state index contributed by atoms with van der Waals surface area (Å²) in [4.78, 5) is 25.1. The van der Waals surface area contributed by atoms with Gasteiger partial charge in [0, 0.05) is 37.0 Å². The molecule has 0 saturated carbocycles. The van der Waals surface area contributed by atoms with Crippen LogP contribution in [0.15, 0.2) is 42.6 Å². The van der Waals surface area contributed by atoms with Gasteiger partial charge in [0.25, 0.3) is 5.69 Å². The van der Waals surface area contributed by atoms with Crippen LogP contribution in [0.25, 0.3) is 5.65 Å². The van der Waals surface area contributed by atoms with E-state index < -0.39 is 10.9 Å². The Kier molecular flexibility index (Phi) is 5.11. The molecule has 1 unspecified atom stereocenters. The number of esters is 1. The third-order valence-electron chi connectivity index (χ3n) is 5.16. The van der Waals surface area contributed by atoms with Crippen LogP contribution in [0.3, 0.4) is 0 Å². The summed E-state index contributed by atoms with van der Waals surface area (Å²) in [5, 5.41) is 19.9. The molecular weight excluding hydrogens is 374 g/mol. The summed E-state index contributed by atoms with van der Waals surface area (Å²) in [7, 11) is 0. The Morgan fingerprint density at radius 2 is 2.17 bits per heavy atom. The molecule has 0 amide bonds. The first-order chi connectivity index (χ1) is 14.1. The lowest BCUT2D eigenvalue weighted by molar-refractivity contribution is -0.385. The first-order valence-electron chi connectivity index (χ1n) is 9.58. The fraction of sp³-hybridized carbons (Fsp3) is 0.350. The van der Waals surface area contributed by atoms with E-state index in [0.717, 1.165) is 36.5 Å². The molecule has 0 bridgehead atoms. The van der Waals surface area contributed by atoms with Crippen LogP contribution in [0, 0.1) is 10.1 Å². The van der Waals surface area contributed by atoms with Crippen molar-refractivity contribution in [2.45, 2.75) is 25.7 Å². The Hall–Kier alpha value is -3.49. The lowest BCUT2D eigenvalue weighted by Crippen LogP contribution is -2.35. The Balaban J connectivity index is 1.63. The van der Waals surface area contributed by atoms with Gasteiger partial charge in [-0.15, -0.1) is 10.2 Å². The average molecular weight is 395 g/mol. The molecule has 0 spiro atoms. The summed E-state index contributed by atoms with van der Waals surface area (Å²) in [5.41, 5.74) is 1.30. The second-order valence-electron chi connectivity index (χ2n) is 6.95. The second-order valence-corrected chi connectivity index (χ2v) is 6.95. The predicted molar refractivity (Wildman–Crippen MR) is 106 cm³/mol. The number of fused-ring (bicyclic) bond motifs is 1. The lowest BCUT2D eigenvalue weighted by Gasteiger charge is -2.33. The van der Waals surface area contributed by atoms with Gasteiger partial charge in [-0.25, -0.2) is 4.79 Å². The molecule has 1 aromatic carbocycles. The summed E-state index contributed by atoms with van der Waals surface area (Å²) in [6.07, 6.45) is 3.87. The maximum absolute atomic E-state index is 12.2. The van der Waals surface area contributed by atoms with E-state index in [9.17, 15) is 14.9 Å². The molecule has 9 heteroatoms. The number of carbonyl (C=O) groups is 1. The Labute approximate surface area is 167 Å². The molecule has 9 nitrogen and oxygen atoms in total. The molecule has 0 N–H and O–H groups in total. The van der Waals surface area contributed by atoms with E-state index in [2.05, 4.69) is 15.1 Å². The number of hydrogen-bond donors (Lipinski definition) is 0. The van der Waals surface area contributed by atoms with Crippen LogP contribution < -0.4 is 4.90 Å². The molecule has 0 radical (unpaired) electrons. The first kappa shape index (κ1) is 18.9. The lowest BCUT2D eigenvalue weighted by atomic mass is 9.96. The highest BCUT2D eigenvalue weighted by Gasteiger charge is 2.28. The van der Waals surface area contributed by atoms with Gasteiger partial charge in [-0.1, -0.05) is 6.07 Å². The first-order valence-corrected chi connectivity index (χ1v) is 9.58. The molecule has 150 valence electrons. The number of nitrogens with zero attached hydrogens (tertiary/aromatic N) is 5. The van der Waals surface area contributed by atoms with Crippen LogP contribution in [0.5, 0.6) is 0 Å². The van der Waals surface area contributed by atoms with Gasteiger partial charge in [0.05, 0.1) is 11.5 Å². The Morgan fingerprint density at radius 1 is 1.31 bits per heavy atom. The zero-order valence-electron chi connectivity index (χ0n) is 16.0. The fourth-order valence-corrected chi connectivity index (χ4v) is 3.81. The van der Waals surface area contributed by atoms with E-state index in [-0.39, 0.29) is 23.8 Å². The monoisotopic (exact) mass is 395 g/mol. The predicted octanol–water partition coefficient (Wildman–Crippen LogP) is 3.20. The van der Waals surface area contributed by atoms with Crippen molar-refractivity contribution in [3.63, 3.8) is 0 Å². The number of ether oxygens (including phenoxy) is 1. The molecular formula is C20H21N5O4. The Morgan fingerprint density at radius 3 is 2.97 bits per heavy atom. The highest BCUT2D eigenvalue weighted by molar-refractivity contribution is 5.95. The topological polar surface area (TPSA) is 103 Å². The van der Waals surface area contributed by atoms with Gasteiger partial charge in [0.1, 0.15) is 11.4 Å². The SMILES string of the molecule is CCOC(=O)c1cc(N2CCCC(c3nnc4ccccn34)C2)ccc1[N+](=O)[O-]. The standard InChI is InChI=1S/C20H21N5O4/c1-2-29-20(26)16-12-15(8-9-17(16)25(27)28)23-10-5-6-14(13-23)19-22-21-18-7-3-4-11-24(18)19/h3-4,7-9,11-12,14H,2,5-6,10,13H2,1H3. The minimum atomic E-state index is -0.682. The van der Waals surface area contributed by atoms with Gasteiger partial charge in [-0.3, -0.25) is 14.5 Å². The van der Waals surface area contributed by atoms with E-state index in [1.165, 1.54) is 6.07 Å². The van der Waals surface area contributed by atoms with E-state index in [1.54, 1.807) is 19.1 Å². The van der Waals surface area contributed by atoms with Crippen molar-refractivity contribution in [1.29, 1.82) is 0 Å². The van der Waals surface area contributed by atoms with Gasteiger partial charge in [-0.05, 0) is 44.0 Å². The molecule has 4 rings (SSSR count). The van der Waals surface area contributed by atoms with Gasteiger partial charge >= 0.3 is 5.97 Å². The minimum absolute atomic E-state index is 0.0237. The highest BCUT2D eigenvalue weighted by Crippen LogP contribution is 2.32. The van der Waals surface area contributed by atoms with Gasteiger partial charge in [0.15, 0.2) is 5.65 Å². The van der Waals surface area contributed by atoms with Crippen LogP contribution in [-0.2, 0) is 4.74 Å². The number of hydrogen-bond acceptors (Lipinski definition) is 7. The van der Waals surface area contributed by atoms with Crippen LogP contribution >= 0.6 is 0 Å². The fourth-order valence-electron chi connectivity index (χ4n) is 3.81. The number of rotatable bonds is 5. The van der Waals surface area contributed by atoms with E-state index in [4.69, 9.17) is 4.74 Å². The Bertz CT molecular complexity index is 1060. The number of aromatic nitrogens is 3. The zero-order chi connectivity index (χ0) is 20.4. The van der Waals surface area contributed by atoms with E-state index in [1.807, 2.05) is 28.8 Å². The molecule has 1 fully saturated rings. The van der Waals surface area contributed by atoms with Crippen molar-refractivity contribution < 1.29 is 14.5 Å². The zero-order valence-corrected chi connectivity index (χ0v) is 16.0. The number of nitro benzene ring substituents is 1. The van der Waals surface area contributed by atoms with Crippen LogP contribution in [0.2, 0.25) is 0 Å². The maximum atomic E-state index is 12.2. The molecule has 1 saturated heterocycles. The maximum Gasteiger partial charge on any atom is 0.345 e. The number of benzene rings is 1. The summed E-state index contributed by atoms with van der Waals surface area (Å²) >= 11 is 0. The summed E-state index contributed by atoms with van der Waals surface area (Å²) in [6, 6.07) is 10.4. The molecule has 3 heterocycles. The summed E-state index contributed by atoms with van der Waals surface area (Å²) < 4.78 is 7.00. The van der Waals surface area contributed by atoms with Crippen molar-refractivity contribution >= 4 is 23.0 Å². The molecule has 3 aromatic rings. The number of anilines is 1. The van der Waals surface area contributed by atoms with Crippen molar-refractivity contribution in [3.8, 4) is 0 Å². The quantitative estimate of drug-likeness (QED) is 0.371. The third-order valence-corrected chi connectivity index (χ3v) is 5.16. The molecule has 0 aliphatic carbocycles. The molecule has 29 heavy (non-hydrogen) atoms. The average Bonchev–Trinajstić information content (AvgIpc) is 3.18. The largest absolute Gasteiger partial charge is 0.462 e. The number of nitro groups is 1. The van der Waals surface area contributed by atoms with Gasteiger partial charge in [-0.2, -0.15) is 0 Å². The van der Waals surface area contributed by atoms with Crippen molar-refractivity contribution in [2.75, 3.05) is 24.6 Å².